The summed E-state index contributed by atoms with van der Waals surface area (Å²) in [6.07, 6.45) is 0.452. The Balaban J connectivity index is 2.20. The van der Waals surface area contributed by atoms with Gasteiger partial charge in [0.15, 0.2) is 0 Å². The molecule has 0 aliphatic heterocycles. The second-order valence-corrected chi connectivity index (χ2v) is 4.85. The van der Waals surface area contributed by atoms with Gasteiger partial charge in [0.05, 0.1) is 13.0 Å². The van der Waals surface area contributed by atoms with Crippen LogP contribution in [-0.4, -0.2) is 18.2 Å². The molecular weight excluding hydrogens is 271 g/mol. The molecule has 0 aliphatic carbocycles. The molecule has 0 aromatic heterocycles. The molecule has 110 valence electrons. The highest BCUT2D eigenvalue weighted by Crippen LogP contribution is 2.23. The van der Waals surface area contributed by atoms with Gasteiger partial charge in [-0.1, -0.05) is 36.4 Å². The number of rotatable bonds is 6. The van der Waals surface area contributed by atoms with E-state index in [1.165, 1.54) is 6.07 Å². The maximum atomic E-state index is 13.7. The quantitative estimate of drug-likeness (QED) is 0.887. The number of para-hydroxylation sites is 1. The first-order valence-corrected chi connectivity index (χ1v) is 6.70. The molecular formula is C17H17FO3. The number of hydrogen-bond donors (Lipinski definition) is 1. The smallest absolute Gasteiger partial charge is 0.307 e. The summed E-state index contributed by atoms with van der Waals surface area (Å²) in [5.41, 5.74) is 1.23. The van der Waals surface area contributed by atoms with Crippen molar-refractivity contribution in [3.63, 3.8) is 0 Å². The minimum atomic E-state index is -0.941. The Hall–Kier alpha value is -2.36. The normalized spacial score (nSPS) is 11.9. The molecule has 3 nitrogen and oxygen atoms in total. The number of methoxy groups -OCH3 is 1. The van der Waals surface area contributed by atoms with Gasteiger partial charge in [0, 0.05) is 0 Å². The Bertz CT molecular complexity index is 625. The highest BCUT2D eigenvalue weighted by atomic mass is 19.1. The van der Waals surface area contributed by atoms with Gasteiger partial charge >= 0.3 is 5.97 Å². The molecule has 2 aromatic carbocycles. The molecule has 1 N–H and O–H groups in total. The predicted octanol–water partition coefficient (Wildman–Crippen LogP) is 3.32. The number of aliphatic carboxylic acids is 1. The number of benzene rings is 2. The number of carbonyl (C=O) groups is 1. The third kappa shape index (κ3) is 3.81. The van der Waals surface area contributed by atoms with Gasteiger partial charge in [0.2, 0.25) is 0 Å². The van der Waals surface area contributed by atoms with Crippen LogP contribution in [0.2, 0.25) is 0 Å². The molecule has 0 saturated carbocycles. The first kappa shape index (κ1) is 15.0. The molecule has 0 aliphatic rings. The lowest BCUT2D eigenvalue weighted by atomic mass is 9.92. The van der Waals surface area contributed by atoms with E-state index in [-0.39, 0.29) is 12.2 Å². The Morgan fingerprint density at radius 2 is 1.67 bits per heavy atom. The number of carboxylic acid groups (broad SMARTS) is 1. The third-order valence-corrected chi connectivity index (χ3v) is 3.43. The van der Waals surface area contributed by atoms with E-state index in [2.05, 4.69) is 0 Å². The van der Waals surface area contributed by atoms with Crippen LogP contribution in [0.25, 0.3) is 0 Å². The molecule has 0 radical (unpaired) electrons. The maximum Gasteiger partial charge on any atom is 0.307 e. The summed E-state index contributed by atoms with van der Waals surface area (Å²) >= 11 is 0. The average molecular weight is 288 g/mol. The Morgan fingerprint density at radius 1 is 1.10 bits per heavy atom. The summed E-state index contributed by atoms with van der Waals surface area (Å²) in [4.78, 5) is 11.5. The van der Waals surface area contributed by atoms with Crippen molar-refractivity contribution < 1.29 is 19.0 Å². The molecule has 21 heavy (non-hydrogen) atoms. The average Bonchev–Trinajstić information content (AvgIpc) is 2.49. The van der Waals surface area contributed by atoms with Gasteiger partial charge in [-0.05, 0) is 36.1 Å². The summed E-state index contributed by atoms with van der Waals surface area (Å²) in [6.45, 7) is 0. The van der Waals surface area contributed by atoms with Crippen LogP contribution in [-0.2, 0) is 17.6 Å². The fourth-order valence-electron chi connectivity index (χ4n) is 2.31. The van der Waals surface area contributed by atoms with Gasteiger partial charge in [-0.25, -0.2) is 4.39 Å². The zero-order chi connectivity index (χ0) is 15.2. The lowest BCUT2D eigenvalue weighted by molar-refractivity contribution is -0.141. The van der Waals surface area contributed by atoms with Crippen LogP contribution in [0.5, 0.6) is 5.75 Å². The first-order chi connectivity index (χ1) is 10.1. The lowest BCUT2D eigenvalue weighted by Gasteiger charge is -2.15. The third-order valence-electron chi connectivity index (χ3n) is 3.43. The Kier molecular flexibility index (Phi) is 4.93. The monoisotopic (exact) mass is 288 g/mol. The van der Waals surface area contributed by atoms with E-state index < -0.39 is 11.9 Å². The van der Waals surface area contributed by atoms with Crippen LogP contribution in [0.3, 0.4) is 0 Å². The molecule has 0 spiro atoms. The van der Waals surface area contributed by atoms with Gasteiger partial charge in [0.1, 0.15) is 11.6 Å². The minimum absolute atomic E-state index is 0.153. The van der Waals surface area contributed by atoms with Crippen LogP contribution in [0, 0.1) is 11.7 Å². The van der Waals surface area contributed by atoms with Crippen molar-refractivity contribution in [2.75, 3.05) is 7.11 Å². The molecule has 0 heterocycles. The van der Waals surface area contributed by atoms with Crippen LogP contribution >= 0.6 is 0 Å². The fourth-order valence-corrected chi connectivity index (χ4v) is 2.31. The molecule has 0 saturated heterocycles. The van der Waals surface area contributed by atoms with Crippen molar-refractivity contribution in [1.82, 2.24) is 0 Å². The highest BCUT2D eigenvalue weighted by Gasteiger charge is 2.21. The van der Waals surface area contributed by atoms with Crippen LogP contribution in [0.1, 0.15) is 11.1 Å². The zero-order valence-electron chi connectivity index (χ0n) is 11.8. The zero-order valence-corrected chi connectivity index (χ0v) is 11.8. The van der Waals surface area contributed by atoms with E-state index in [1.54, 1.807) is 31.4 Å². The summed E-state index contributed by atoms with van der Waals surface area (Å²) < 4.78 is 18.9. The minimum Gasteiger partial charge on any atom is -0.496 e. The topological polar surface area (TPSA) is 46.5 Å². The summed E-state index contributed by atoms with van der Waals surface area (Å²) in [6, 6.07) is 13.5. The standard InChI is InChI=1S/C17H17FO3/c1-21-16-9-5-3-7-13(16)11-14(17(19)20)10-12-6-2-4-8-15(12)18/h2-9,14H,10-11H2,1H3,(H,19,20). The number of carboxylic acids is 1. The van der Waals surface area contributed by atoms with Crippen molar-refractivity contribution in [3.8, 4) is 5.75 Å². The van der Waals surface area contributed by atoms with Gasteiger partial charge in [-0.2, -0.15) is 0 Å². The number of halogens is 1. The van der Waals surface area contributed by atoms with E-state index in [4.69, 9.17) is 4.74 Å². The van der Waals surface area contributed by atoms with E-state index in [9.17, 15) is 14.3 Å². The van der Waals surface area contributed by atoms with Crippen LogP contribution < -0.4 is 4.74 Å². The molecule has 2 rings (SSSR count). The predicted molar refractivity (Wildman–Crippen MR) is 77.9 cm³/mol. The highest BCUT2D eigenvalue weighted by molar-refractivity contribution is 5.71. The molecule has 1 unspecified atom stereocenters. The number of ether oxygens (including phenoxy) is 1. The fraction of sp³-hybridized carbons (Fsp3) is 0.235. The maximum absolute atomic E-state index is 13.7. The second kappa shape index (κ2) is 6.88. The van der Waals surface area contributed by atoms with Crippen molar-refractivity contribution in [1.29, 1.82) is 0 Å². The molecule has 2 aromatic rings. The largest absolute Gasteiger partial charge is 0.496 e. The molecule has 4 heteroatoms. The summed E-state index contributed by atoms with van der Waals surface area (Å²) in [5.74, 6) is -1.36. The first-order valence-electron chi connectivity index (χ1n) is 6.70. The molecule has 1 atom stereocenters. The summed E-state index contributed by atoms with van der Waals surface area (Å²) in [5, 5.41) is 9.39. The second-order valence-electron chi connectivity index (χ2n) is 4.85. The number of hydrogen-bond acceptors (Lipinski definition) is 2. The molecule has 0 bridgehead atoms. The van der Waals surface area contributed by atoms with Gasteiger partial charge in [-0.3, -0.25) is 4.79 Å². The molecule has 0 amide bonds. The van der Waals surface area contributed by atoms with Crippen LogP contribution in [0.15, 0.2) is 48.5 Å². The van der Waals surface area contributed by atoms with E-state index in [0.717, 1.165) is 5.56 Å². The van der Waals surface area contributed by atoms with Crippen molar-refractivity contribution >= 4 is 5.97 Å². The Labute approximate surface area is 123 Å². The van der Waals surface area contributed by atoms with Crippen molar-refractivity contribution in [2.45, 2.75) is 12.8 Å². The molecule has 0 fully saturated rings. The van der Waals surface area contributed by atoms with E-state index in [1.807, 2.05) is 18.2 Å². The van der Waals surface area contributed by atoms with Crippen molar-refractivity contribution in [3.05, 3.63) is 65.5 Å². The van der Waals surface area contributed by atoms with Crippen molar-refractivity contribution in [2.24, 2.45) is 5.92 Å². The summed E-state index contributed by atoms with van der Waals surface area (Å²) in [7, 11) is 1.55. The van der Waals surface area contributed by atoms with Gasteiger partial charge < -0.3 is 9.84 Å². The van der Waals surface area contributed by atoms with Crippen LogP contribution in [0.4, 0.5) is 4.39 Å². The van der Waals surface area contributed by atoms with E-state index >= 15 is 0 Å². The van der Waals surface area contributed by atoms with Gasteiger partial charge in [-0.15, -0.1) is 0 Å². The SMILES string of the molecule is COc1ccccc1CC(Cc1ccccc1F)C(=O)O. The Morgan fingerprint density at radius 3 is 2.29 bits per heavy atom. The lowest BCUT2D eigenvalue weighted by Crippen LogP contribution is -2.20. The van der Waals surface area contributed by atoms with Gasteiger partial charge in [0.25, 0.3) is 0 Å². The van der Waals surface area contributed by atoms with E-state index in [0.29, 0.717) is 17.7 Å².